The van der Waals surface area contributed by atoms with E-state index in [9.17, 15) is 10.1 Å². The van der Waals surface area contributed by atoms with E-state index in [0.29, 0.717) is 11.0 Å². The number of allylic oxidation sites excluding steroid dienone is 1. The molecule has 0 saturated carbocycles. The highest BCUT2D eigenvalue weighted by atomic mass is 32.2. The number of nitrogens with zero attached hydrogens (tertiary/aromatic N) is 1. The van der Waals surface area contributed by atoms with Crippen molar-refractivity contribution in [2.75, 3.05) is 12.3 Å². The lowest BCUT2D eigenvalue weighted by atomic mass is 10.2. The van der Waals surface area contributed by atoms with Crippen LogP contribution in [-0.2, 0) is 0 Å². The van der Waals surface area contributed by atoms with Gasteiger partial charge in [0, 0.05) is 10.2 Å². The van der Waals surface area contributed by atoms with Crippen molar-refractivity contribution in [3.05, 3.63) is 22.3 Å². The van der Waals surface area contributed by atoms with Crippen molar-refractivity contribution in [3.63, 3.8) is 0 Å². The van der Waals surface area contributed by atoms with E-state index >= 15 is 0 Å². The van der Waals surface area contributed by atoms with Crippen molar-refractivity contribution in [1.82, 2.24) is 0 Å². The minimum absolute atomic E-state index is 0.0923. The number of hydrogen-bond donors (Lipinski definition) is 0. The number of thioether (sulfide) groups is 1. The van der Waals surface area contributed by atoms with E-state index in [-0.39, 0.29) is 11.5 Å². The summed E-state index contributed by atoms with van der Waals surface area (Å²) in [5.41, 5.74) is 0. The number of nitro groups is 1. The first-order chi connectivity index (χ1) is 6.29. The molecule has 0 spiro atoms. The molecule has 0 radical (unpaired) electrons. The summed E-state index contributed by atoms with van der Waals surface area (Å²) in [6, 6.07) is 0. The van der Waals surface area contributed by atoms with Crippen LogP contribution in [0.3, 0.4) is 0 Å². The Kier molecular flexibility index (Phi) is 4.90. The van der Waals surface area contributed by atoms with Crippen LogP contribution in [0.1, 0.15) is 25.7 Å². The van der Waals surface area contributed by atoms with E-state index in [4.69, 9.17) is 0 Å². The van der Waals surface area contributed by atoms with Gasteiger partial charge in [0.25, 0.3) is 0 Å². The lowest BCUT2D eigenvalue weighted by Gasteiger charge is -2.07. The molecule has 0 heterocycles. The van der Waals surface area contributed by atoms with Gasteiger partial charge in [0.05, 0.1) is 5.75 Å². The Morgan fingerprint density at radius 2 is 2.38 bits per heavy atom. The first-order valence-corrected chi connectivity index (χ1v) is 5.74. The molecule has 0 bridgehead atoms. The van der Waals surface area contributed by atoms with Gasteiger partial charge in [-0.15, -0.1) is 11.8 Å². The van der Waals surface area contributed by atoms with Crippen LogP contribution in [0.2, 0.25) is 0 Å². The summed E-state index contributed by atoms with van der Waals surface area (Å²) >= 11 is 1.71. The van der Waals surface area contributed by atoms with Gasteiger partial charge >= 0.3 is 0 Å². The van der Waals surface area contributed by atoms with Gasteiger partial charge in [-0.2, -0.15) is 0 Å². The molecule has 1 atom stereocenters. The van der Waals surface area contributed by atoms with Crippen LogP contribution in [0.4, 0.5) is 0 Å². The smallest absolute Gasteiger partial charge is 0.212 e. The summed E-state index contributed by atoms with van der Waals surface area (Å²) in [4.78, 5) is 9.84. The molecule has 0 fully saturated rings. The van der Waals surface area contributed by atoms with Crippen molar-refractivity contribution in [3.8, 4) is 0 Å². The zero-order valence-corrected chi connectivity index (χ0v) is 8.46. The van der Waals surface area contributed by atoms with Crippen molar-refractivity contribution < 1.29 is 4.92 Å². The minimum atomic E-state index is -0.243. The predicted molar refractivity (Wildman–Crippen MR) is 55.7 cm³/mol. The van der Waals surface area contributed by atoms with Gasteiger partial charge in [-0.3, -0.25) is 10.1 Å². The fraction of sp³-hybridized carbons (Fsp3) is 0.778. The lowest BCUT2D eigenvalue weighted by molar-refractivity contribution is -0.474. The maximum Gasteiger partial charge on any atom is 0.212 e. The third-order valence-corrected chi connectivity index (χ3v) is 3.31. The van der Waals surface area contributed by atoms with Crippen LogP contribution in [0.15, 0.2) is 12.2 Å². The second-order valence-electron chi connectivity index (χ2n) is 3.18. The van der Waals surface area contributed by atoms with Crippen LogP contribution in [0, 0.1) is 10.1 Å². The molecule has 13 heavy (non-hydrogen) atoms. The summed E-state index contributed by atoms with van der Waals surface area (Å²) in [5, 5.41) is 10.6. The monoisotopic (exact) mass is 201 g/mol. The summed E-state index contributed by atoms with van der Waals surface area (Å²) < 4.78 is 0. The fourth-order valence-electron chi connectivity index (χ4n) is 1.37. The van der Waals surface area contributed by atoms with Crippen molar-refractivity contribution in [1.29, 1.82) is 0 Å². The summed E-state index contributed by atoms with van der Waals surface area (Å²) in [6.45, 7) is 0.0923. The first kappa shape index (κ1) is 10.6. The Morgan fingerprint density at radius 1 is 1.54 bits per heavy atom. The molecule has 0 amide bonds. The summed E-state index contributed by atoms with van der Waals surface area (Å²) in [6.07, 6.45) is 9.28. The molecule has 4 heteroatoms. The Balaban J connectivity index is 2.15. The second-order valence-corrected chi connectivity index (χ2v) is 4.53. The quantitative estimate of drug-likeness (QED) is 0.399. The molecule has 0 aromatic heterocycles. The molecule has 1 rings (SSSR count). The van der Waals surface area contributed by atoms with E-state index in [1.54, 1.807) is 11.8 Å². The molecular formula is C9H15NO2S. The Hall–Kier alpha value is -0.510. The third kappa shape index (κ3) is 4.93. The summed E-state index contributed by atoms with van der Waals surface area (Å²) in [5.74, 6) is 0.641. The molecule has 74 valence electrons. The van der Waals surface area contributed by atoms with E-state index in [1.807, 2.05) is 0 Å². The normalized spacial score (nSPS) is 22.6. The average molecular weight is 201 g/mol. The van der Waals surface area contributed by atoms with Gasteiger partial charge in [0.2, 0.25) is 6.54 Å². The molecule has 0 N–H and O–H groups in total. The largest absolute Gasteiger partial charge is 0.265 e. The van der Waals surface area contributed by atoms with Crippen molar-refractivity contribution in [2.24, 2.45) is 0 Å². The van der Waals surface area contributed by atoms with Gasteiger partial charge < -0.3 is 0 Å². The zero-order chi connectivity index (χ0) is 9.52. The van der Waals surface area contributed by atoms with E-state index in [2.05, 4.69) is 12.2 Å². The molecule has 0 aromatic rings. The SMILES string of the molecule is O=[N+]([O-])CCSC1C=CCCCC1. The van der Waals surface area contributed by atoms with Gasteiger partial charge in [0.15, 0.2) is 0 Å². The molecule has 1 unspecified atom stereocenters. The van der Waals surface area contributed by atoms with Gasteiger partial charge in [-0.1, -0.05) is 18.6 Å². The van der Waals surface area contributed by atoms with Gasteiger partial charge in [0.1, 0.15) is 0 Å². The molecule has 0 aliphatic heterocycles. The highest BCUT2D eigenvalue weighted by molar-refractivity contribution is 8.00. The predicted octanol–water partition coefficient (Wildman–Crippen LogP) is 2.50. The number of hydrogen-bond acceptors (Lipinski definition) is 3. The highest BCUT2D eigenvalue weighted by Crippen LogP contribution is 2.22. The third-order valence-electron chi connectivity index (χ3n) is 2.07. The first-order valence-electron chi connectivity index (χ1n) is 4.69. The highest BCUT2D eigenvalue weighted by Gasteiger charge is 2.08. The zero-order valence-electron chi connectivity index (χ0n) is 7.65. The Labute approximate surface area is 82.7 Å². The maximum absolute atomic E-state index is 10.1. The Bertz CT molecular complexity index is 194. The summed E-state index contributed by atoms with van der Waals surface area (Å²) in [7, 11) is 0. The van der Waals surface area contributed by atoms with Crippen LogP contribution in [0.25, 0.3) is 0 Å². The molecule has 0 saturated heterocycles. The maximum atomic E-state index is 10.1. The molecular weight excluding hydrogens is 186 g/mol. The lowest BCUT2D eigenvalue weighted by Crippen LogP contribution is -2.07. The van der Waals surface area contributed by atoms with Crippen molar-refractivity contribution >= 4 is 11.8 Å². The average Bonchev–Trinajstić information content (AvgIpc) is 2.32. The molecule has 1 aliphatic rings. The van der Waals surface area contributed by atoms with Gasteiger partial charge in [-0.05, 0) is 19.3 Å². The van der Waals surface area contributed by atoms with E-state index in [1.165, 1.54) is 25.7 Å². The van der Waals surface area contributed by atoms with Crippen LogP contribution >= 0.6 is 11.8 Å². The molecule has 3 nitrogen and oxygen atoms in total. The van der Waals surface area contributed by atoms with Crippen LogP contribution < -0.4 is 0 Å². The van der Waals surface area contributed by atoms with Crippen LogP contribution in [0.5, 0.6) is 0 Å². The fourth-order valence-corrected chi connectivity index (χ4v) is 2.48. The minimum Gasteiger partial charge on any atom is -0.265 e. The second kappa shape index (κ2) is 6.02. The topological polar surface area (TPSA) is 43.1 Å². The van der Waals surface area contributed by atoms with E-state index < -0.39 is 0 Å². The van der Waals surface area contributed by atoms with Gasteiger partial charge in [-0.25, -0.2) is 0 Å². The standard InChI is InChI=1S/C9H15NO2S/c11-10(12)7-8-13-9-5-3-1-2-4-6-9/h3,5,9H,1-2,4,6-8H2. The molecule has 1 aliphatic carbocycles. The van der Waals surface area contributed by atoms with E-state index in [0.717, 1.165) is 0 Å². The molecule has 0 aromatic carbocycles. The van der Waals surface area contributed by atoms with Crippen molar-refractivity contribution in [2.45, 2.75) is 30.9 Å². The number of rotatable bonds is 4. The Morgan fingerprint density at radius 3 is 3.15 bits per heavy atom. The van der Waals surface area contributed by atoms with Crippen LogP contribution in [-0.4, -0.2) is 22.5 Å².